The van der Waals surface area contributed by atoms with E-state index >= 15 is 0 Å². The third-order valence-electron chi connectivity index (χ3n) is 5.06. The maximum Gasteiger partial charge on any atom is 0.240 e. The van der Waals surface area contributed by atoms with Crippen molar-refractivity contribution in [3.63, 3.8) is 0 Å². The first-order valence-electron chi connectivity index (χ1n) is 10.5. The molecule has 168 valence electrons. The van der Waals surface area contributed by atoms with E-state index in [1.54, 1.807) is 19.2 Å². The van der Waals surface area contributed by atoms with Crippen LogP contribution in [0.4, 0.5) is 4.39 Å². The Labute approximate surface area is 181 Å². The summed E-state index contributed by atoms with van der Waals surface area (Å²) < 4.78 is 18.9. The van der Waals surface area contributed by atoms with E-state index in [-0.39, 0.29) is 42.2 Å². The minimum Gasteiger partial charge on any atom is -0.350 e. The van der Waals surface area contributed by atoms with Crippen LogP contribution in [0.5, 0.6) is 0 Å². The number of hydrogen-bond acceptors (Lipinski definition) is 6. The summed E-state index contributed by atoms with van der Waals surface area (Å²) in [5.74, 6) is 0.199. The van der Waals surface area contributed by atoms with Gasteiger partial charge in [0.15, 0.2) is 0 Å². The van der Waals surface area contributed by atoms with Gasteiger partial charge in [-0.1, -0.05) is 17.3 Å². The molecule has 2 aromatic rings. The Morgan fingerprint density at radius 2 is 2.13 bits per heavy atom. The zero-order valence-corrected chi connectivity index (χ0v) is 18.5. The van der Waals surface area contributed by atoms with Crippen molar-refractivity contribution in [2.75, 3.05) is 33.2 Å². The zero-order valence-electron chi connectivity index (χ0n) is 18.5. The quantitative estimate of drug-likeness (QED) is 0.755. The second kappa shape index (κ2) is 9.55. The van der Waals surface area contributed by atoms with Crippen LogP contribution >= 0.6 is 0 Å². The fourth-order valence-corrected chi connectivity index (χ4v) is 3.62. The van der Waals surface area contributed by atoms with E-state index in [2.05, 4.69) is 15.5 Å². The number of likely N-dealkylation sites (N-methyl/N-ethyl adjacent to an activating group) is 1. The van der Waals surface area contributed by atoms with Crippen LogP contribution in [0.1, 0.15) is 45.4 Å². The molecule has 0 saturated carbocycles. The predicted octanol–water partition coefficient (Wildman–Crippen LogP) is 2.43. The fourth-order valence-electron chi connectivity index (χ4n) is 3.62. The van der Waals surface area contributed by atoms with Crippen molar-refractivity contribution in [2.45, 2.75) is 45.1 Å². The second-order valence-electron chi connectivity index (χ2n) is 9.09. The summed E-state index contributed by atoms with van der Waals surface area (Å²) in [6.07, 6.45) is 1.77. The molecule has 1 aromatic carbocycles. The van der Waals surface area contributed by atoms with Crippen molar-refractivity contribution in [2.24, 2.45) is 0 Å². The summed E-state index contributed by atoms with van der Waals surface area (Å²) in [5.41, 5.74) is 0.225. The molecule has 1 atom stereocenters. The molecular weight excluding hydrogens is 401 g/mol. The van der Waals surface area contributed by atoms with Crippen molar-refractivity contribution < 1.29 is 18.5 Å². The van der Waals surface area contributed by atoms with Crippen LogP contribution in [-0.4, -0.2) is 70.5 Å². The molecule has 2 heterocycles. The lowest BCUT2D eigenvalue weighted by Gasteiger charge is -2.31. The molecule has 0 aliphatic carbocycles. The Morgan fingerprint density at radius 3 is 2.84 bits per heavy atom. The normalized spacial score (nSPS) is 17.4. The topological polar surface area (TPSA) is 91.6 Å². The molecule has 2 amide bonds. The summed E-state index contributed by atoms with van der Waals surface area (Å²) in [4.78, 5) is 32.6. The van der Waals surface area contributed by atoms with Crippen molar-refractivity contribution in [3.05, 3.63) is 36.0 Å². The first-order valence-corrected chi connectivity index (χ1v) is 10.5. The van der Waals surface area contributed by atoms with E-state index in [1.807, 2.05) is 25.7 Å². The van der Waals surface area contributed by atoms with E-state index in [4.69, 9.17) is 4.52 Å². The molecule has 1 aliphatic rings. The molecule has 31 heavy (non-hydrogen) atoms. The summed E-state index contributed by atoms with van der Waals surface area (Å²) in [6.45, 7) is 7.34. The number of rotatable bonds is 6. The number of carbonyl (C=O) groups excluding carboxylic acids is 2. The van der Waals surface area contributed by atoms with Crippen molar-refractivity contribution >= 4 is 11.8 Å². The van der Waals surface area contributed by atoms with Gasteiger partial charge in [0.05, 0.1) is 19.0 Å². The van der Waals surface area contributed by atoms with Crippen LogP contribution < -0.4 is 5.32 Å². The molecule has 1 N–H and O–H groups in total. The Hall–Kier alpha value is -2.81. The molecule has 0 radical (unpaired) electrons. The average molecular weight is 432 g/mol. The molecule has 3 rings (SSSR count). The molecule has 8 nitrogen and oxygen atoms in total. The predicted molar refractivity (Wildman–Crippen MR) is 114 cm³/mol. The highest BCUT2D eigenvalue weighted by Crippen LogP contribution is 2.27. The first-order chi connectivity index (χ1) is 14.6. The number of benzene rings is 1. The second-order valence-corrected chi connectivity index (χ2v) is 9.09. The van der Waals surface area contributed by atoms with Gasteiger partial charge in [-0.25, -0.2) is 4.39 Å². The molecule has 0 bridgehead atoms. The van der Waals surface area contributed by atoms with Gasteiger partial charge in [0.1, 0.15) is 5.82 Å². The van der Waals surface area contributed by atoms with Gasteiger partial charge < -0.3 is 14.7 Å². The number of piperidine rings is 1. The minimum atomic E-state index is -0.355. The van der Waals surface area contributed by atoms with Gasteiger partial charge in [-0.15, -0.1) is 0 Å². The number of nitrogens with zero attached hydrogens (tertiary/aromatic N) is 4. The SMILES string of the molecule is CN(CC(=O)NC(C)(C)C)C(=O)CN1CCCC(c2nc(-c3cccc(F)c3)no2)C1. The maximum absolute atomic E-state index is 13.5. The Bertz CT molecular complexity index is 924. The maximum atomic E-state index is 13.5. The van der Waals surface area contributed by atoms with Gasteiger partial charge in [-0.3, -0.25) is 14.5 Å². The summed E-state index contributed by atoms with van der Waals surface area (Å²) in [6, 6.07) is 6.07. The van der Waals surface area contributed by atoms with Gasteiger partial charge in [0, 0.05) is 24.7 Å². The van der Waals surface area contributed by atoms with Crippen LogP contribution in [-0.2, 0) is 9.59 Å². The third-order valence-corrected chi connectivity index (χ3v) is 5.06. The Kier molecular flexibility index (Phi) is 7.04. The lowest BCUT2D eigenvalue weighted by atomic mass is 9.98. The van der Waals surface area contributed by atoms with E-state index in [0.29, 0.717) is 23.8 Å². The molecule has 9 heteroatoms. The van der Waals surface area contributed by atoms with Gasteiger partial charge in [-0.2, -0.15) is 4.98 Å². The number of amides is 2. The molecule has 1 aliphatic heterocycles. The van der Waals surface area contributed by atoms with Gasteiger partial charge in [-0.05, 0) is 52.3 Å². The Morgan fingerprint density at radius 1 is 1.35 bits per heavy atom. The number of likely N-dealkylation sites (tertiary alicyclic amines) is 1. The van der Waals surface area contributed by atoms with Gasteiger partial charge >= 0.3 is 0 Å². The number of carbonyl (C=O) groups is 2. The van der Waals surface area contributed by atoms with E-state index in [1.165, 1.54) is 17.0 Å². The monoisotopic (exact) mass is 431 g/mol. The van der Waals surface area contributed by atoms with Gasteiger partial charge in [0.2, 0.25) is 23.5 Å². The summed E-state index contributed by atoms with van der Waals surface area (Å²) >= 11 is 0. The number of halogens is 1. The van der Waals surface area contributed by atoms with Gasteiger partial charge in [0.25, 0.3) is 0 Å². The molecule has 1 fully saturated rings. The number of hydrogen-bond donors (Lipinski definition) is 1. The number of aromatic nitrogens is 2. The zero-order chi connectivity index (χ0) is 22.6. The summed E-state index contributed by atoms with van der Waals surface area (Å²) in [5, 5.41) is 6.85. The van der Waals surface area contributed by atoms with Crippen LogP contribution in [0.3, 0.4) is 0 Å². The van der Waals surface area contributed by atoms with Crippen LogP contribution in [0, 0.1) is 5.82 Å². The smallest absolute Gasteiger partial charge is 0.240 e. The van der Waals surface area contributed by atoms with E-state index in [9.17, 15) is 14.0 Å². The standard InChI is InChI=1S/C22H30FN5O3/c1-22(2,3)25-18(29)13-27(4)19(30)14-28-10-6-8-16(12-28)21-24-20(26-31-21)15-7-5-9-17(23)11-15/h5,7,9,11,16H,6,8,10,12-14H2,1-4H3,(H,25,29). The third kappa shape index (κ3) is 6.58. The van der Waals surface area contributed by atoms with Crippen LogP contribution in [0.25, 0.3) is 11.4 Å². The highest BCUT2D eigenvalue weighted by Gasteiger charge is 2.28. The number of nitrogens with one attached hydrogen (secondary N) is 1. The van der Waals surface area contributed by atoms with Crippen LogP contribution in [0.15, 0.2) is 28.8 Å². The average Bonchev–Trinajstić information content (AvgIpc) is 3.17. The van der Waals surface area contributed by atoms with Crippen molar-refractivity contribution in [3.8, 4) is 11.4 Å². The van der Waals surface area contributed by atoms with Crippen LogP contribution in [0.2, 0.25) is 0 Å². The minimum absolute atomic E-state index is 0.00542. The lowest BCUT2D eigenvalue weighted by molar-refractivity contribution is -0.136. The van der Waals surface area contributed by atoms with E-state index < -0.39 is 0 Å². The van der Waals surface area contributed by atoms with E-state index in [0.717, 1.165) is 19.4 Å². The highest BCUT2D eigenvalue weighted by molar-refractivity contribution is 5.85. The molecular formula is C22H30FN5O3. The largest absolute Gasteiger partial charge is 0.350 e. The Balaban J connectivity index is 1.56. The molecule has 1 unspecified atom stereocenters. The molecule has 1 aromatic heterocycles. The lowest BCUT2D eigenvalue weighted by Crippen LogP contribution is -2.48. The highest BCUT2D eigenvalue weighted by atomic mass is 19.1. The van der Waals surface area contributed by atoms with Crippen molar-refractivity contribution in [1.82, 2.24) is 25.3 Å². The molecule has 1 saturated heterocycles. The fraction of sp³-hybridized carbons (Fsp3) is 0.545. The molecule has 0 spiro atoms. The first kappa shape index (κ1) is 22.9. The van der Waals surface area contributed by atoms with Crippen molar-refractivity contribution in [1.29, 1.82) is 0 Å². The summed E-state index contributed by atoms with van der Waals surface area (Å²) in [7, 11) is 1.63.